The van der Waals surface area contributed by atoms with Gasteiger partial charge in [-0.2, -0.15) is 10.5 Å². The lowest BCUT2D eigenvalue weighted by atomic mass is 10.1. The van der Waals surface area contributed by atoms with Crippen LogP contribution >= 0.6 is 11.8 Å². The van der Waals surface area contributed by atoms with Gasteiger partial charge in [0, 0.05) is 31.7 Å². The number of benzene rings is 1. The van der Waals surface area contributed by atoms with Crippen molar-refractivity contribution in [3.05, 3.63) is 29.8 Å². The molecule has 196 valence electrons. The predicted octanol–water partition coefficient (Wildman–Crippen LogP) is 3.47. The summed E-state index contributed by atoms with van der Waals surface area (Å²) in [5.41, 5.74) is 2.34. The fraction of sp³-hybridized carbons (Fsp3) is 0.630. The van der Waals surface area contributed by atoms with Gasteiger partial charge in [0.25, 0.3) is 0 Å². The maximum absolute atomic E-state index is 12.9. The predicted molar refractivity (Wildman–Crippen MR) is 145 cm³/mol. The van der Waals surface area contributed by atoms with Crippen molar-refractivity contribution in [2.45, 2.75) is 57.1 Å². The maximum atomic E-state index is 12.9. The molecule has 9 heteroatoms. The second-order valence-electron chi connectivity index (χ2n) is 9.65. The van der Waals surface area contributed by atoms with Crippen LogP contribution in [0.25, 0.3) is 0 Å². The molecule has 1 aromatic rings. The Bertz CT molecular complexity index is 941. The van der Waals surface area contributed by atoms with Crippen LogP contribution < -0.4 is 10.6 Å². The first-order valence-corrected chi connectivity index (χ1v) is 13.7. The van der Waals surface area contributed by atoms with Crippen molar-refractivity contribution >= 4 is 29.3 Å². The van der Waals surface area contributed by atoms with Gasteiger partial charge in [0.15, 0.2) is 0 Å². The molecule has 1 fully saturated rings. The fourth-order valence-electron chi connectivity index (χ4n) is 4.15. The first-order valence-electron chi connectivity index (χ1n) is 12.8. The van der Waals surface area contributed by atoms with Crippen LogP contribution in [0.2, 0.25) is 0 Å². The molecule has 1 aromatic carbocycles. The van der Waals surface area contributed by atoms with E-state index in [-0.39, 0.29) is 29.5 Å². The van der Waals surface area contributed by atoms with Crippen molar-refractivity contribution in [2.24, 2.45) is 11.8 Å². The summed E-state index contributed by atoms with van der Waals surface area (Å²) in [7, 11) is 2.17. The largest absolute Gasteiger partial charge is 0.385 e. The summed E-state index contributed by atoms with van der Waals surface area (Å²) in [6.45, 7) is 9.61. The molecule has 0 saturated carbocycles. The van der Waals surface area contributed by atoms with Gasteiger partial charge in [-0.1, -0.05) is 26.0 Å². The first-order chi connectivity index (χ1) is 17.3. The zero-order valence-electron chi connectivity index (χ0n) is 22.0. The van der Waals surface area contributed by atoms with Gasteiger partial charge in [0.2, 0.25) is 11.8 Å². The van der Waals surface area contributed by atoms with E-state index in [1.165, 1.54) is 23.7 Å². The molecule has 0 aromatic heterocycles. The van der Waals surface area contributed by atoms with E-state index in [2.05, 4.69) is 54.6 Å². The van der Waals surface area contributed by atoms with E-state index in [9.17, 15) is 14.9 Å². The van der Waals surface area contributed by atoms with Crippen molar-refractivity contribution in [1.82, 2.24) is 15.1 Å². The number of amides is 2. The van der Waals surface area contributed by atoms with Crippen molar-refractivity contribution in [3.63, 3.8) is 0 Å². The van der Waals surface area contributed by atoms with Crippen LogP contribution in [-0.2, 0) is 16.0 Å². The zero-order valence-corrected chi connectivity index (χ0v) is 22.8. The second-order valence-corrected chi connectivity index (χ2v) is 11.0. The molecule has 0 aliphatic carbocycles. The Hall–Kier alpha value is -2.75. The van der Waals surface area contributed by atoms with Crippen LogP contribution in [0, 0.1) is 34.5 Å². The molecular formula is C27H40N6O2S. The van der Waals surface area contributed by atoms with E-state index in [0.29, 0.717) is 25.4 Å². The Morgan fingerprint density at radius 2 is 2.06 bits per heavy atom. The minimum Gasteiger partial charge on any atom is -0.385 e. The van der Waals surface area contributed by atoms with Crippen molar-refractivity contribution in [2.75, 3.05) is 45.1 Å². The molecule has 1 aliphatic heterocycles. The Balaban J connectivity index is 1.85. The van der Waals surface area contributed by atoms with Crippen LogP contribution in [0.3, 0.4) is 0 Å². The number of nitrogens with zero attached hydrogens (tertiary/aromatic N) is 4. The number of nitrogens with one attached hydrogen (secondary N) is 2. The van der Waals surface area contributed by atoms with Gasteiger partial charge in [0.1, 0.15) is 12.5 Å². The standard InChI is InChI=1S/C27H40N6O2S/c1-5-33-25(18-22(19-29)26(34)31-14-12-28)36-24(27(33)35)9-13-30-23-8-6-7-21(17-23)11-16-32(4)15-10-20(2)3/h6-8,17,20,22,24-25,30H,5,9-11,13-16,18H2,1-4H3,(H,31,34). The molecule has 36 heavy (non-hydrogen) atoms. The van der Waals surface area contributed by atoms with E-state index >= 15 is 0 Å². The topological polar surface area (TPSA) is 112 Å². The van der Waals surface area contributed by atoms with E-state index < -0.39 is 11.8 Å². The lowest BCUT2D eigenvalue weighted by Gasteiger charge is -2.23. The molecule has 3 unspecified atom stereocenters. The van der Waals surface area contributed by atoms with E-state index in [4.69, 9.17) is 5.26 Å². The van der Waals surface area contributed by atoms with Crippen LogP contribution in [0.4, 0.5) is 5.69 Å². The molecular weight excluding hydrogens is 472 g/mol. The normalized spacial score (nSPS) is 18.2. The molecule has 3 atom stereocenters. The van der Waals surface area contributed by atoms with Crippen molar-refractivity contribution in [3.8, 4) is 12.1 Å². The number of carbonyl (C=O) groups excluding carboxylic acids is 2. The van der Waals surface area contributed by atoms with Crippen LogP contribution in [-0.4, -0.2) is 72.0 Å². The Kier molecular flexibility index (Phi) is 12.6. The monoisotopic (exact) mass is 512 g/mol. The number of hydrogen-bond acceptors (Lipinski definition) is 7. The van der Waals surface area contributed by atoms with Crippen LogP contribution in [0.1, 0.15) is 45.6 Å². The zero-order chi connectivity index (χ0) is 26.5. The Morgan fingerprint density at radius 3 is 2.72 bits per heavy atom. The van der Waals surface area contributed by atoms with Gasteiger partial charge in [0.05, 0.1) is 22.8 Å². The number of thioether (sulfide) groups is 1. The lowest BCUT2D eigenvalue weighted by Crippen LogP contribution is -2.38. The van der Waals surface area contributed by atoms with Gasteiger partial charge in [-0.05, 0) is 63.4 Å². The number of anilines is 1. The first kappa shape index (κ1) is 29.5. The third kappa shape index (κ3) is 9.37. The van der Waals surface area contributed by atoms with E-state index in [1.54, 1.807) is 4.90 Å². The summed E-state index contributed by atoms with van der Waals surface area (Å²) >= 11 is 1.53. The summed E-state index contributed by atoms with van der Waals surface area (Å²) in [4.78, 5) is 29.2. The molecule has 2 N–H and O–H groups in total. The molecule has 1 heterocycles. The van der Waals surface area contributed by atoms with E-state index in [0.717, 1.165) is 25.2 Å². The van der Waals surface area contributed by atoms with Crippen molar-refractivity contribution in [1.29, 1.82) is 10.5 Å². The molecule has 2 amide bonds. The smallest absolute Gasteiger partial charge is 0.238 e. The summed E-state index contributed by atoms with van der Waals surface area (Å²) in [5.74, 6) is -0.575. The van der Waals surface area contributed by atoms with Gasteiger partial charge in [-0.15, -0.1) is 11.8 Å². The van der Waals surface area contributed by atoms with Gasteiger partial charge in [-0.3, -0.25) is 9.59 Å². The molecule has 8 nitrogen and oxygen atoms in total. The molecule has 1 saturated heterocycles. The Morgan fingerprint density at radius 1 is 1.28 bits per heavy atom. The van der Waals surface area contributed by atoms with Gasteiger partial charge in [-0.25, -0.2) is 0 Å². The average Bonchev–Trinajstić information content (AvgIpc) is 3.17. The highest BCUT2D eigenvalue weighted by molar-refractivity contribution is 8.01. The highest BCUT2D eigenvalue weighted by Gasteiger charge is 2.40. The maximum Gasteiger partial charge on any atom is 0.238 e. The summed E-state index contributed by atoms with van der Waals surface area (Å²) in [6, 6.07) is 12.3. The van der Waals surface area contributed by atoms with E-state index in [1.807, 2.05) is 25.1 Å². The number of carbonyl (C=O) groups is 2. The number of likely N-dealkylation sites (N-methyl/N-ethyl adjacent to an activating group) is 1. The molecule has 2 rings (SSSR count). The average molecular weight is 513 g/mol. The summed E-state index contributed by atoms with van der Waals surface area (Å²) in [5, 5.41) is 23.6. The molecule has 0 radical (unpaired) electrons. The number of hydrogen-bond donors (Lipinski definition) is 2. The third-order valence-electron chi connectivity index (χ3n) is 6.35. The highest BCUT2D eigenvalue weighted by atomic mass is 32.2. The lowest BCUT2D eigenvalue weighted by molar-refractivity contribution is -0.131. The minimum atomic E-state index is -0.887. The van der Waals surface area contributed by atoms with Gasteiger partial charge < -0.3 is 20.4 Å². The van der Waals surface area contributed by atoms with Gasteiger partial charge >= 0.3 is 0 Å². The van der Waals surface area contributed by atoms with Crippen LogP contribution in [0.5, 0.6) is 0 Å². The Labute approximate surface area is 220 Å². The summed E-state index contributed by atoms with van der Waals surface area (Å²) in [6.07, 6.45) is 3.13. The molecule has 0 bridgehead atoms. The quantitative estimate of drug-likeness (QED) is 0.346. The number of rotatable bonds is 15. The van der Waals surface area contributed by atoms with Crippen LogP contribution in [0.15, 0.2) is 24.3 Å². The highest BCUT2D eigenvalue weighted by Crippen LogP contribution is 2.36. The fourth-order valence-corrected chi connectivity index (χ4v) is 5.73. The minimum absolute atomic E-state index is 0.0570. The second kappa shape index (κ2) is 15.4. The number of nitriles is 2. The summed E-state index contributed by atoms with van der Waals surface area (Å²) < 4.78 is 0. The third-order valence-corrected chi connectivity index (χ3v) is 7.88. The SMILES string of the molecule is CCN1C(=O)C(CCNc2cccc(CCN(C)CCC(C)C)c2)SC1CC(C#N)C(=O)NCC#N. The molecule has 1 aliphatic rings. The molecule has 0 spiro atoms. The van der Waals surface area contributed by atoms with Crippen molar-refractivity contribution < 1.29 is 9.59 Å².